The highest BCUT2D eigenvalue weighted by atomic mass is 35.5. The zero-order chi connectivity index (χ0) is 13.9. The minimum Gasteiger partial charge on any atom is -0.378 e. The van der Waals surface area contributed by atoms with Crippen LogP contribution in [-0.4, -0.2) is 41.7 Å². The first-order valence-electron chi connectivity index (χ1n) is 6.55. The molecule has 0 aliphatic carbocycles. The number of hydrogen-bond donors (Lipinski definition) is 0. The summed E-state index contributed by atoms with van der Waals surface area (Å²) >= 11 is 6.18. The molecule has 0 saturated carbocycles. The van der Waals surface area contributed by atoms with Crippen LogP contribution >= 0.6 is 11.6 Å². The van der Waals surface area contributed by atoms with E-state index in [0.29, 0.717) is 36.9 Å². The molecule has 5 heteroatoms. The number of carbonyl (C=O) groups is 1. The average molecular weight is 291 g/mol. The number of morpholine rings is 1. The first-order chi connectivity index (χ1) is 9.75. The lowest BCUT2D eigenvalue weighted by atomic mass is 10.1. The molecule has 0 radical (unpaired) electrons. The zero-order valence-electron chi connectivity index (χ0n) is 11.0. The van der Waals surface area contributed by atoms with Crippen LogP contribution in [0.3, 0.4) is 0 Å². The van der Waals surface area contributed by atoms with Gasteiger partial charge in [-0.25, -0.2) is 0 Å². The van der Waals surface area contributed by atoms with Crippen molar-refractivity contribution in [1.82, 2.24) is 9.47 Å². The molecule has 1 saturated heterocycles. The fourth-order valence-corrected chi connectivity index (χ4v) is 2.48. The Balaban J connectivity index is 1.92. The highest BCUT2D eigenvalue weighted by Gasteiger charge is 2.21. The first-order valence-corrected chi connectivity index (χ1v) is 6.93. The molecule has 0 atom stereocenters. The molecule has 3 rings (SSSR count). The maximum atomic E-state index is 12.5. The molecule has 0 bridgehead atoms. The van der Waals surface area contributed by atoms with Crippen LogP contribution < -0.4 is 0 Å². The number of halogens is 1. The summed E-state index contributed by atoms with van der Waals surface area (Å²) in [7, 11) is 0. The predicted octanol–water partition coefficient (Wildman–Crippen LogP) is 2.60. The minimum atomic E-state index is -0.0349. The van der Waals surface area contributed by atoms with Gasteiger partial charge in [0, 0.05) is 31.2 Å². The molecular formula is C15H15ClN2O2. The van der Waals surface area contributed by atoms with Crippen LogP contribution in [0.2, 0.25) is 5.02 Å². The summed E-state index contributed by atoms with van der Waals surface area (Å²) in [6, 6.07) is 9.39. The lowest BCUT2D eigenvalue weighted by Crippen LogP contribution is -2.40. The summed E-state index contributed by atoms with van der Waals surface area (Å²) in [5.41, 5.74) is 1.47. The van der Waals surface area contributed by atoms with Gasteiger partial charge in [-0.05, 0) is 30.3 Å². The van der Waals surface area contributed by atoms with Gasteiger partial charge < -0.3 is 14.2 Å². The van der Waals surface area contributed by atoms with Crippen molar-refractivity contribution in [1.29, 1.82) is 0 Å². The lowest BCUT2D eigenvalue weighted by Gasteiger charge is -2.27. The Bertz CT molecular complexity index is 604. The van der Waals surface area contributed by atoms with Crippen LogP contribution in [0, 0.1) is 0 Å². The Morgan fingerprint density at radius 1 is 1.15 bits per heavy atom. The number of hydrogen-bond acceptors (Lipinski definition) is 2. The smallest absolute Gasteiger partial charge is 0.255 e. The van der Waals surface area contributed by atoms with E-state index in [-0.39, 0.29) is 5.91 Å². The molecular weight excluding hydrogens is 276 g/mol. The molecule has 2 aromatic rings. The topological polar surface area (TPSA) is 34.5 Å². The summed E-state index contributed by atoms with van der Waals surface area (Å²) in [5, 5.41) is 0.484. The Morgan fingerprint density at radius 3 is 2.55 bits per heavy atom. The van der Waals surface area contributed by atoms with Crippen LogP contribution in [0.15, 0.2) is 42.7 Å². The van der Waals surface area contributed by atoms with E-state index in [2.05, 4.69) is 0 Å². The first kappa shape index (κ1) is 13.2. The molecule has 0 unspecified atom stereocenters. The second-order valence-corrected chi connectivity index (χ2v) is 5.07. The molecule has 1 aromatic carbocycles. The van der Waals surface area contributed by atoms with Crippen molar-refractivity contribution in [3.63, 3.8) is 0 Å². The van der Waals surface area contributed by atoms with E-state index in [0.717, 1.165) is 5.69 Å². The minimum absolute atomic E-state index is 0.0349. The fraction of sp³-hybridized carbons (Fsp3) is 0.267. The third kappa shape index (κ3) is 2.57. The van der Waals surface area contributed by atoms with E-state index >= 15 is 0 Å². The van der Waals surface area contributed by atoms with Gasteiger partial charge in [0.25, 0.3) is 5.91 Å². The molecule has 1 aliphatic heterocycles. The maximum absolute atomic E-state index is 12.5. The third-order valence-corrected chi connectivity index (χ3v) is 3.71. The molecule has 20 heavy (non-hydrogen) atoms. The van der Waals surface area contributed by atoms with E-state index in [4.69, 9.17) is 16.3 Å². The van der Waals surface area contributed by atoms with Crippen molar-refractivity contribution >= 4 is 17.5 Å². The van der Waals surface area contributed by atoms with Gasteiger partial charge in [-0.15, -0.1) is 0 Å². The Hall–Kier alpha value is -1.78. The highest BCUT2D eigenvalue weighted by Crippen LogP contribution is 2.22. The zero-order valence-corrected chi connectivity index (χ0v) is 11.7. The van der Waals surface area contributed by atoms with Gasteiger partial charge in [0.05, 0.1) is 23.8 Å². The van der Waals surface area contributed by atoms with Gasteiger partial charge in [-0.1, -0.05) is 11.6 Å². The predicted molar refractivity (Wildman–Crippen MR) is 77.5 cm³/mol. The fourth-order valence-electron chi connectivity index (χ4n) is 2.28. The molecule has 2 heterocycles. The van der Waals surface area contributed by atoms with Crippen LogP contribution in [0.4, 0.5) is 0 Å². The second kappa shape index (κ2) is 5.69. The van der Waals surface area contributed by atoms with Gasteiger partial charge >= 0.3 is 0 Å². The van der Waals surface area contributed by atoms with Gasteiger partial charge in [0.15, 0.2) is 0 Å². The molecule has 4 nitrogen and oxygen atoms in total. The van der Waals surface area contributed by atoms with Crippen molar-refractivity contribution < 1.29 is 9.53 Å². The van der Waals surface area contributed by atoms with Gasteiger partial charge in [-0.2, -0.15) is 0 Å². The standard InChI is InChI=1S/C15H15ClN2O2/c16-14-4-3-12(17-5-1-2-6-17)11-13(14)15(19)18-7-9-20-10-8-18/h1-6,11H,7-10H2. The second-order valence-electron chi connectivity index (χ2n) is 4.66. The molecule has 1 amide bonds. The van der Waals surface area contributed by atoms with Gasteiger partial charge in [0.2, 0.25) is 0 Å². The van der Waals surface area contributed by atoms with Crippen LogP contribution in [0.5, 0.6) is 0 Å². The molecule has 1 aliphatic rings. The van der Waals surface area contributed by atoms with Gasteiger partial charge in [0.1, 0.15) is 0 Å². The van der Waals surface area contributed by atoms with E-state index in [1.807, 2.05) is 41.2 Å². The van der Waals surface area contributed by atoms with Crippen LogP contribution in [0.1, 0.15) is 10.4 Å². The van der Waals surface area contributed by atoms with Crippen LogP contribution in [-0.2, 0) is 4.74 Å². The third-order valence-electron chi connectivity index (χ3n) is 3.38. The van der Waals surface area contributed by atoms with Crippen molar-refractivity contribution in [2.75, 3.05) is 26.3 Å². The van der Waals surface area contributed by atoms with Gasteiger partial charge in [-0.3, -0.25) is 4.79 Å². The SMILES string of the molecule is O=C(c1cc(-n2cccc2)ccc1Cl)N1CCOCC1. The van der Waals surface area contributed by atoms with Crippen molar-refractivity contribution in [2.24, 2.45) is 0 Å². The number of ether oxygens (including phenoxy) is 1. The maximum Gasteiger partial charge on any atom is 0.255 e. The molecule has 0 spiro atoms. The lowest BCUT2D eigenvalue weighted by molar-refractivity contribution is 0.0303. The normalized spacial score (nSPS) is 15.3. The number of rotatable bonds is 2. The van der Waals surface area contributed by atoms with E-state index in [9.17, 15) is 4.79 Å². The summed E-state index contributed by atoms with van der Waals surface area (Å²) in [5.74, 6) is -0.0349. The summed E-state index contributed by atoms with van der Waals surface area (Å²) in [6.07, 6.45) is 3.87. The molecule has 0 N–H and O–H groups in total. The molecule has 1 aromatic heterocycles. The van der Waals surface area contributed by atoms with Crippen molar-refractivity contribution in [3.8, 4) is 5.69 Å². The van der Waals surface area contributed by atoms with Crippen LogP contribution in [0.25, 0.3) is 5.69 Å². The summed E-state index contributed by atoms with van der Waals surface area (Å²) < 4.78 is 7.22. The number of aromatic nitrogens is 1. The highest BCUT2D eigenvalue weighted by molar-refractivity contribution is 6.33. The number of nitrogens with zero attached hydrogens (tertiary/aromatic N) is 2. The number of carbonyl (C=O) groups excluding carboxylic acids is 1. The number of benzene rings is 1. The summed E-state index contributed by atoms with van der Waals surface area (Å²) in [4.78, 5) is 14.3. The van der Waals surface area contributed by atoms with E-state index in [1.54, 1.807) is 11.0 Å². The number of amides is 1. The summed E-state index contributed by atoms with van der Waals surface area (Å²) in [6.45, 7) is 2.40. The Morgan fingerprint density at radius 2 is 1.85 bits per heavy atom. The van der Waals surface area contributed by atoms with E-state index in [1.165, 1.54) is 0 Å². The average Bonchev–Trinajstić information content (AvgIpc) is 3.02. The monoisotopic (exact) mass is 290 g/mol. The Kier molecular flexibility index (Phi) is 3.76. The van der Waals surface area contributed by atoms with E-state index < -0.39 is 0 Å². The Labute approximate surface area is 122 Å². The van der Waals surface area contributed by atoms with Crippen molar-refractivity contribution in [2.45, 2.75) is 0 Å². The quantitative estimate of drug-likeness (QED) is 0.852. The molecule has 104 valence electrons. The van der Waals surface area contributed by atoms with Crippen molar-refractivity contribution in [3.05, 3.63) is 53.3 Å². The largest absolute Gasteiger partial charge is 0.378 e. The molecule has 1 fully saturated rings.